The van der Waals surface area contributed by atoms with E-state index in [2.05, 4.69) is 22.8 Å². The van der Waals surface area contributed by atoms with Crippen LogP contribution in [0.4, 0.5) is 11.4 Å². The summed E-state index contributed by atoms with van der Waals surface area (Å²) in [5.41, 5.74) is 4.93. The van der Waals surface area contributed by atoms with Crippen LogP contribution in [0.5, 0.6) is 5.75 Å². The molecule has 0 aliphatic heterocycles. The van der Waals surface area contributed by atoms with Crippen molar-refractivity contribution in [2.24, 2.45) is 0 Å². The first-order chi connectivity index (χ1) is 11.3. The molecule has 1 amide bonds. The molecule has 0 saturated heterocycles. The van der Waals surface area contributed by atoms with Crippen LogP contribution in [0.3, 0.4) is 0 Å². The number of anilines is 2. The molecule has 0 heterocycles. The molecule has 128 valence electrons. The van der Waals surface area contributed by atoms with Crippen LogP contribution in [0.2, 0.25) is 5.02 Å². The molecular weight excluding hydrogens is 324 g/mol. The second-order valence-corrected chi connectivity index (χ2v) is 6.39. The fraction of sp³-hybridized carbons (Fsp3) is 0.316. The fourth-order valence-corrected chi connectivity index (χ4v) is 2.94. The maximum absolute atomic E-state index is 12.5. The number of halogens is 1. The van der Waals surface area contributed by atoms with E-state index in [0.717, 1.165) is 22.5 Å². The van der Waals surface area contributed by atoms with Gasteiger partial charge < -0.3 is 15.4 Å². The van der Waals surface area contributed by atoms with E-state index in [-0.39, 0.29) is 5.91 Å². The molecule has 0 aromatic heterocycles. The molecule has 0 fully saturated rings. The van der Waals surface area contributed by atoms with Crippen molar-refractivity contribution in [2.45, 2.75) is 33.7 Å². The lowest BCUT2D eigenvalue weighted by atomic mass is 10.0. The molecule has 0 radical (unpaired) electrons. The van der Waals surface area contributed by atoms with E-state index in [1.54, 1.807) is 19.2 Å². The largest absolute Gasteiger partial charge is 0.495 e. The first-order valence-electron chi connectivity index (χ1n) is 7.80. The summed E-state index contributed by atoms with van der Waals surface area (Å²) in [5.74, 6) is 0.502. The highest BCUT2D eigenvalue weighted by Gasteiger charge is 2.15. The van der Waals surface area contributed by atoms with Gasteiger partial charge in [-0.05, 0) is 57.0 Å². The van der Waals surface area contributed by atoms with Crippen LogP contribution in [-0.4, -0.2) is 19.1 Å². The van der Waals surface area contributed by atoms with Crippen molar-refractivity contribution in [2.75, 3.05) is 17.7 Å². The molecule has 0 spiro atoms. The van der Waals surface area contributed by atoms with Gasteiger partial charge in [-0.1, -0.05) is 29.3 Å². The number of carbonyl (C=O) groups excluding carboxylic acids is 1. The zero-order chi connectivity index (χ0) is 17.9. The Morgan fingerprint density at radius 1 is 1.12 bits per heavy atom. The van der Waals surface area contributed by atoms with Gasteiger partial charge in [0.25, 0.3) is 0 Å². The predicted octanol–water partition coefficient (Wildman–Crippen LogP) is 4.71. The molecule has 2 N–H and O–H groups in total. The average Bonchev–Trinajstić information content (AvgIpc) is 2.50. The number of rotatable bonds is 5. The van der Waals surface area contributed by atoms with Gasteiger partial charge in [0.1, 0.15) is 11.8 Å². The standard InChI is InChI=1S/C19H23ClN2O2/c1-11-8-12(2)18(13(3)9-11)22-19(23)14(4)21-15-6-7-17(24-5)16(20)10-15/h6-10,14,21H,1-5H3,(H,22,23)/t14-/m1/s1. The number of aryl methyl sites for hydroxylation is 3. The van der Waals surface area contributed by atoms with Crippen molar-refractivity contribution in [3.63, 3.8) is 0 Å². The Morgan fingerprint density at radius 2 is 1.75 bits per heavy atom. The summed E-state index contributed by atoms with van der Waals surface area (Å²) < 4.78 is 5.13. The van der Waals surface area contributed by atoms with Crippen molar-refractivity contribution in [3.8, 4) is 5.75 Å². The second kappa shape index (κ2) is 7.58. The minimum absolute atomic E-state index is 0.100. The molecule has 2 aromatic carbocycles. The third-order valence-corrected chi connectivity index (χ3v) is 4.15. The monoisotopic (exact) mass is 346 g/mol. The van der Waals surface area contributed by atoms with Gasteiger partial charge in [-0.3, -0.25) is 4.79 Å². The third-order valence-electron chi connectivity index (χ3n) is 3.85. The lowest BCUT2D eigenvalue weighted by Gasteiger charge is -2.18. The molecular formula is C19H23ClN2O2. The third kappa shape index (κ3) is 4.20. The summed E-state index contributed by atoms with van der Waals surface area (Å²) in [6, 6.07) is 9.05. The maximum Gasteiger partial charge on any atom is 0.246 e. The van der Waals surface area contributed by atoms with Gasteiger partial charge in [-0.25, -0.2) is 0 Å². The summed E-state index contributed by atoms with van der Waals surface area (Å²) in [4.78, 5) is 12.5. The second-order valence-electron chi connectivity index (χ2n) is 5.98. The van der Waals surface area contributed by atoms with Crippen LogP contribution in [0, 0.1) is 20.8 Å². The first kappa shape index (κ1) is 18.1. The Kier molecular flexibility index (Phi) is 5.73. The zero-order valence-electron chi connectivity index (χ0n) is 14.7. The van der Waals surface area contributed by atoms with E-state index in [1.165, 1.54) is 5.56 Å². The van der Waals surface area contributed by atoms with E-state index >= 15 is 0 Å². The molecule has 0 aliphatic rings. The molecule has 2 aromatic rings. The molecule has 0 saturated carbocycles. The average molecular weight is 347 g/mol. The molecule has 2 rings (SSSR count). The highest BCUT2D eigenvalue weighted by atomic mass is 35.5. The summed E-state index contributed by atoms with van der Waals surface area (Å²) in [6.45, 7) is 7.85. The lowest BCUT2D eigenvalue weighted by Crippen LogP contribution is -2.32. The Labute approximate surface area is 148 Å². The van der Waals surface area contributed by atoms with Crippen LogP contribution in [0.1, 0.15) is 23.6 Å². The number of carbonyl (C=O) groups is 1. The van der Waals surface area contributed by atoms with E-state index < -0.39 is 6.04 Å². The number of hydrogen-bond acceptors (Lipinski definition) is 3. The Bertz CT molecular complexity index is 736. The molecule has 0 aliphatic carbocycles. The Balaban J connectivity index is 2.09. The van der Waals surface area contributed by atoms with Crippen LogP contribution < -0.4 is 15.4 Å². The molecule has 5 heteroatoms. The van der Waals surface area contributed by atoms with E-state index in [0.29, 0.717) is 10.8 Å². The highest BCUT2D eigenvalue weighted by molar-refractivity contribution is 6.32. The summed E-state index contributed by atoms with van der Waals surface area (Å²) in [5, 5.41) is 6.66. The lowest BCUT2D eigenvalue weighted by molar-refractivity contribution is -0.116. The van der Waals surface area contributed by atoms with Crippen molar-refractivity contribution in [3.05, 3.63) is 52.0 Å². The predicted molar refractivity (Wildman–Crippen MR) is 100 cm³/mol. The van der Waals surface area contributed by atoms with Crippen molar-refractivity contribution < 1.29 is 9.53 Å². The number of ether oxygens (including phenoxy) is 1. The van der Waals surface area contributed by atoms with Gasteiger partial charge >= 0.3 is 0 Å². The minimum atomic E-state index is -0.408. The van der Waals surface area contributed by atoms with Crippen LogP contribution >= 0.6 is 11.6 Å². The van der Waals surface area contributed by atoms with Gasteiger partial charge in [0.15, 0.2) is 0 Å². The van der Waals surface area contributed by atoms with Gasteiger partial charge in [-0.2, -0.15) is 0 Å². The molecule has 1 atom stereocenters. The van der Waals surface area contributed by atoms with Gasteiger partial charge in [0.2, 0.25) is 5.91 Å². The summed E-state index contributed by atoms with van der Waals surface area (Å²) >= 11 is 6.11. The number of benzene rings is 2. The molecule has 4 nitrogen and oxygen atoms in total. The van der Waals surface area contributed by atoms with Crippen LogP contribution in [0.15, 0.2) is 30.3 Å². The van der Waals surface area contributed by atoms with E-state index in [4.69, 9.17) is 16.3 Å². The van der Waals surface area contributed by atoms with Crippen LogP contribution in [-0.2, 0) is 4.79 Å². The highest BCUT2D eigenvalue weighted by Crippen LogP contribution is 2.28. The first-order valence-corrected chi connectivity index (χ1v) is 8.18. The number of hydrogen-bond donors (Lipinski definition) is 2. The van der Waals surface area contributed by atoms with Crippen LogP contribution in [0.25, 0.3) is 0 Å². The van der Waals surface area contributed by atoms with E-state index in [1.807, 2.05) is 33.8 Å². The van der Waals surface area contributed by atoms with Gasteiger partial charge in [0.05, 0.1) is 12.1 Å². The Morgan fingerprint density at radius 3 is 2.29 bits per heavy atom. The molecule has 24 heavy (non-hydrogen) atoms. The smallest absolute Gasteiger partial charge is 0.246 e. The van der Waals surface area contributed by atoms with Crippen molar-refractivity contribution in [1.82, 2.24) is 0 Å². The van der Waals surface area contributed by atoms with Gasteiger partial charge in [-0.15, -0.1) is 0 Å². The maximum atomic E-state index is 12.5. The molecule has 0 unspecified atom stereocenters. The molecule has 0 bridgehead atoms. The number of methoxy groups -OCH3 is 1. The summed E-state index contributed by atoms with van der Waals surface area (Å²) in [7, 11) is 1.57. The topological polar surface area (TPSA) is 50.4 Å². The summed E-state index contributed by atoms with van der Waals surface area (Å²) in [6.07, 6.45) is 0. The van der Waals surface area contributed by atoms with Crippen molar-refractivity contribution >= 4 is 28.9 Å². The zero-order valence-corrected chi connectivity index (χ0v) is 15.4. The SMILES string of the molecule is COc1ccc(N[C@H](C)C(=O)Nc2c(C)cc(C)cc2C)cc1Cl. The Hall–Kier alpha value is -2.20. The van der Waals surface area contributed by atoms with Crippen molar-refractivity contribution in [1.29, 1.82) is 0 Å². The fourth-order valence-electron chi connectivity index (χ4n) is 2.68. The van der Waals surface area contributed by atoms with Gasteiger partial charge in [0, 0.05) is 11.4 Å². The van der Waals surface area contributed by atoms with E-state index in [9.17, 15) is 4.79 Å². The number of amides is 1. The normalized spacial score (nSPS) is 11.8. The quantitative estimate of drug-likeness (QED) is 0.824. The number of nitrogens with one attached hydrogen (secondary N) is 2. The minimum Gasteiger partial charge on any atom is -0.495 e.